The Balaban J connectivity index is 1.56. The van der Waals surface area contributed by atoms with Crippen LogP contribution in [-0.2, 0) is 14.6 Å². The zero-order valence-corrected chi connectivity index (χ0v) is 17.4. The Morgan fingerprint density at radius 1 is 1.22 bits per heavy atom. The van der Waals surface area contributed by atoms with Crippen molar-refractivity contribution < 1.29 is 13.2 Å². The van der Waals surface area contributed by atoms with Gasteiger partial charge in [-0.3, -0.25) is 9.69 Å². The van der Waals surface area contributed by atoms with Crippen molar-refractivity contribution in [1.29, 1.82) is 0 Å². The molecule has 1 N–H and O–H groups in total. The van der Waals surface area contributed by atoms with Crippen molar-refractivity contribution in [2.24, 2.45) is 0 Å². The Bertz CT molecular complexity index is 888. The fourth-order valence-electron chi connectivity index (χ4n) is 3.57. The molecule has 27 heavy (non-hydrogen) atoms. The van der Waals surface area contributed by atoms with Gasteiger partial charge in [-0.2, -0.15) is 0 Å². The average molecular weight is 407 g/mol. The van der Waals surface area contributed by atoms with Gasteiger partial charge in [-0.15, -0.1) is 11.3 Å². The first kappa shape index (κ1) is 20.0. The van der Waals surface area contributed by atoms with E-state index in [0.717, 1.165) is 19.5 Å². The monoisotopic (exact) mass is 406 g/mol. The van der Waals surface area contributed by atoms with Gasteiger partial charge >= 0.3 is 0 Å². The highest BCUT2D eigenvalue weighted by Gasteiger charge is 2.27. The van der Waals surface area contributed by atoms with Crippen molar-refractivity contribution in [2.75, 3.05) is 24.2 Å². The number of hydrogen-bond donors (Lipinski definition) is 1. The number of benzene rings is 1. The smallest absolute Gasteiger partial charge is 0.221 e. The van der Waals surface area contributed by atoms with Crippen LogP contribution in [0, 0.1) is 6.92 Å². The lowest BCUT2D eigenvalue weighted by Gasteiger charge is -2.23. The van der Waals surface area contributed by atoms with Crippen molar-refractivity contribution in [3.05, 3.63) is 46.2 Å². The number of hydrogen-bond acceptors (Lipinski definition) is 5. The molecule has 1 aromatic heterocycles. The van der Waals surface area contributed by atoms with Gasteiger partial charge in [0, 0.05) is 28.4 Å². The van der Waals surface area contributed by atoms with Crippen LogP contribution < -0.4 is 5.32 Å². The lowest BCUT2D eigenvalue weighted by molar-refractivity contribution is -0.114. The molecule has 3 rings (SSSR count). The van der Waals surface area contributed by atoms with E-state index in [4.69, 9.17) is 0 Å². The van der Waals surface area contributed by atoms with Crippen molar-refractivity contribution in [1.82, 2.24) is 4.90 Å². The van der Waals surface area contributed by atoms with E-state index in [0.29, 0.717) is 23.0 Å². The van der Waals surface area contributed by atoms with Crippen molar-refractivity contribution in [3.63, 3.8) is 0 Å². The van der Waals surface area contributed by atoms with Gasteiger partial charge in [0.15, 0.2) is 9.84 Å². The Kier molecular flexibility index (Phi) is 6.34. The molecule has 1 aromatic carbocycles. The number of aryl methyl sites for hydroxylation is 1. The summed E-state index contributed by atoms with van der Waals surface area (Å²) < 4.78 is 25.2. The summed E-state index contributed by atoms with van der Waals surface area (Å²) in [4.78, 5) is 16.5. The highest BCUT2D eigenvalue weighted by Crippen LogP contribution is 2.35. The van der Waals surface area contributed by atoms with Gasteiger partial charge in [-0.1, -0.05) is 0 Å². The Labute approximate surface area is 165 Å². The van der Waals surface area contributed by atoms with E-state index in [1.54, 1.807) is 24.3 Å². The Hall–Kier alpha value is -1.70. The normalized spacial score (nSPS) is 17.9. The zero-order chi connectivity index (χ0) is 19.4. The van der Waals surface area contributed by atoms with E-state index < -0.39 is 9.84 Å². The summed E-state index contributed by atoms with van der Waals surface area (Å²) in [7, 11) is -3.31. The second-order valence-corrected chi connectivity index (χ2v) is 10.4. The maximum absolute atomic E-state index is 12.6. The first-order valence-corrected chi connectivity index (χ1v) is 11.7. The van der Waals surface area contributed by atoms with E-state index >= 15 is 0 Å². The maximum atomic E-state index is 12.6. The van der Waals surface area contributed by atoms with Crippen LogP contribution in [0.15, 0.2) is 41.3 Å². The molecular formula is C20H26N2O3S2. The number of carbonyl (C=O) groups is 1. The second-order valence-electron chi connectivity index (χ2n) is 7.02. The molecule has 1 atom stereocenters. The summed E-state index contributed by atoms with van der Waals surface area (Å²) in [6.07, 6.45) is 2.94. The first-order chi connectivity index (χ1) is 12.8. The highest BCUT2D eigenvalue weighted by molar-refractivity contribution is 7.91. The summed E-state index contributed by atoms with van der Waals surface area (Å²) in [5.74, 6) is -0.0363. The van der Waals surface area contributed by atoms with Gasteiger partial charge in [-0.25, -0.2) is 8.42 Å². The zero-order valence-electron chi connectivity index (χ0n) is 15.8. The fourth-order valence-corrected chi connectivity index (χ4v) is 5.92. The molecule has 5 nitrogen and oxygen atoms in total. The number of amides is 1. The third-order valence-corrected chi connectivity index (χ3v) is 7.76. The van der Waals surface area contributed by atoms with Crippen LogP contribution in [-0.4, -0.2) is 38.1 Å². The number of likely N-dealkylation sites (tertiary alicyclic amines) is 1. The molecule has 1 unspecified atom stereocenters. The van der Waals surface area contributed by atoms with Crippen LogP contribution in [0.3, 0.4) is 0 Å². The molecule has 7 heteroatoms. The number of anilines is 1. The number of thiophene rings is 1. The molecule has 0 spiro atoms. The predicted octanol–water partition coefficient (Wildman–Crippen LogP) is 4.02. The number of rotatable bonds is 7. The molecule has 1 fully saturated rings. The minimum atomic E-state index is -3.31. The van der Waals surface area contributed by atoms with Crippen LogP contribution in [0.4, 0.5) is 5.69 Å². The van der Waals surface area contributed by atoms with Crippen LogP contribution in [0.5, 0.6) is 0 Å². The molecule has 1 saturated heterocycles. The minimum absolute atomic E-state index is 0.138. The number of sulfone groups is 1. The molecule has 2 heterocycles. The third kappa shape index (κ3) is 5.18. The summed E-state index contributed by atoms with van der Waals surface area (Å²) in [6.45, 7) is 5.38. The summed E-state index contributed by atoms with van der Waals surface area (Å²) >= 11 is 1.84. The molecule has 1 amide bonds. The van der Waals surface area contributed by atoms with Crippen LogP contribution >= 0.6 is 11.3 Å². The van der Waals surface area contributed by atoms with E-state index in [9.17, 15) is 13.2 Å². The van der Waals surface area contributed by atoms with E-state index in [1.165, 1.54) is 23.1 Å². The molecule has 0 saturated carbocycles. The fraction of sp³-hybridized carbons (Fsp3) is 0.450. The van der Waals surface area contributed by atoms with Gasteiger partial charge in [0.25, 0.3) is 0 Å². The molecular weight excluding hydrogens is 380 g/mol. The molecule has 146 valence electrons. The van der Waals surface area contributed by atoms with Gasteiger partial charge < -0.3 is 5.32 Å². The maximum Gasteiger partial charge on any atom is 0.221 e. The lowest BCUT2D eigenvalue weighted by atomic mass is 10.2. The van der Waals surface area contributed by atoms with Gasteiger partial charge in [0.2, 0.25) is 5.91 Å². The Morgan fingerprint density at radius 2 is 1.96 bits per heavy atom. The number of nitrogens with one attached hydrogen (secondary N) is 1. The highest BCUT2D eigenvalue weighted by atomic mass is 32.2. The standard InChI is InChI=1S/C20H26N2O3S2/c1-15-6-11-20(26-15)19-5-3-12-22(19)13-4-14-27(24,25)18-9-7-17(8-10-18)21-16(2)23/h6-11,19H,3-5,12-14H2,1-2H3,(H,21,23). The molecule has 1 aliphatic heterocycles. The average Bonchev–Trinajstić information content (AvgIpc) is 3.23. The van der Waals surface area contributed by atoms with E-state index in [-0.39, 0.29) is 11.7 Å². The van der Waals surface area contributed by atoms with E-state index in [2.05, 4.69) is 29.3 Å². The summed E-state index contributed by atoms with van der Waals surface area (Å²) in [5, 5.41) is 2.65. The first-order valence-electron chi connectivity index (χ1n) is 9.26. The Morgan fingerprint density at radius 3 is 2.59 bits per heavy atom. The minimum Gasteiger partial charge on any atom is -0.326 e. The molecule has 0 bridgehead atoms. The summed E-state index contributed by atoms with van der Waals surface area (Å²) in [5.41, 5.74) is 0.604. The predicted molar refractivity (Wildman–Crippen MR) is 110 cm³/mol. The van der Waals surface area contributed by atoms with Gasteiger partial charge in [0.1, 0.15) is 0 Å². The molecule has 0 radical (unpaired) electrons. The molecule has 0 aliphatic carbocycles. The SMILES string of the molecule is CC(=O)Nc1ccc(S(=O)(=O)CCCN2CCCC2c2ccc(C)s2)cc1. The van der Waals surface area contributed by atoms with Crippen LogP contribution in [0.1, 0.15) is 42.0 Å². The largest absolute Gasteiger partial charge is 0.326 e. The van der Waals surface area contributed by atoms with Crippen molar-refractivity contribution in [3.8, 4) is 0 Å². The van der Waals surface area contributed by atoms with Crippen LogP contribution in [0.2, 0.25) is 0 Å². The topological polar surface area (TPSA) is 66.5 Å². The summed E-state index contributed by atoms with van der Waals surface area (Å²) in [6, 6.07) is 11.2. The quantitative estimate of drug-likeness (QED) is 0.754. The van der Waals surface area contributed by atoms with Crippen molar-refractivity contribution in [2.45, 2.75) is 44.0 Å². The van der Waals surface area contributed by atoms with Gasteiger partial charge in [-0.05, 0) is 75.7 Å². The molecule has 1 aliphatic rings. The van der Waals surface area contributed by atoms with Gasteiger partial charge in [0.05, 0.1) is 10.6 Å². The third-order valence-electron chi connectivity index (χ3n) is 4.85. The van der Waals surface area contributed by atoms with E-state index in [1.807, 2.05) is 11.3 Å². The second kappa shape index (κ2) is 8.54. The lowest BCUT2D eigenvalue weighted by Crippen LogP contribution is -2.25. The van der Waals surface area contributed by atoms with Crippen molar-refractivity contribution >= 4 is 32.8 Å². The van der Waals surface area contributed by atoms with Crippen LogP contribution in [0.25, 0.3) is 0 Å². The number of nitrogens with zero attached hydrogens (tertiary/aromatic N) is 1. The molecule has 2 aromatic rings. The number of carbonyl (C=O) groups excluding carboxylic acids is 1.